The van der Waals surface area contributed by atoms with Crippen LogP contribution in [0.1, 0.15) is 23.1 Å². The van der Waals surface area contributed by atoms with Gasteiger partial charge < -0.3 is 36.2 Å². The molecule has 220 valence electrons. The molecule has 2 aromatic rings. The number of ketones is 2. The number of aromatic hydroxyl groups is 1. The first-order valence-corrected chi connectivity index (χ1v) is 13.3. The van der Waals surface area contributed by atoms with Gasteiger partial charge in [0.25, 0.3) is 5.91 Å². The van der Waals surface area contributed by atoms with E-state index in [0.717, 1.165) is 5.56 Å². The summed E-state index contributed by atoms with van der Waals surface area (Å²) in [5.74, 6) is -7.92. The number of phenols is 1. The minimum Gasteiger partial charge on any atom is -0.508 e. The Bertz CT molecular complexity index is 1560. The Morgan fingerprint density at radius 3 is 2.43 bits per heavy atom. The minimum absolute atomic E-state index is 0.0102. The molecule has 0 saturated heterocycles. The van der Waals surface area contributed by atoms with Gasteiger partial charge in [-0.05, 0) is 50.0 Å². The first-order chi connectivity index (χ1) is 19.9. The monoisotopic (exact) mass is 577 g/mol. The summed E-state index contributed by atoms with van der Waals surface area (Å²) in [5, 5.41) is 47.5. The van der Waals surface area contributed by atoms with Crippen LogP contribution >= 0.6 is 0 Å². The number of aliphatic hydroxyl groups is 3. The Balaban J connectivity index is 1.47. The van der Waals surface area contributed by atoms with E-state index in [1.807, 2.05) is 30.3 Å². The zero-order valence-electron chi connectivity index (χ0n) is 23.0. The minimum atomic E-state index is -2.72. The molecule has 12 heteroatoms. The highest BCUT2D eigenvalue weighted by Crippen LogP contribution is 2.53. The predicted octanol–water partition coefficient (Wildman–Crippen LogP) is 1.12. The van der Waals surface area contributed by atoms with Gasteiger partial charge >= 0.3 is 0 Å². The summed E-state index contributed by atoms with van der Waals surface area (Å²) in [7, 11) is 3.07. The number of nitrogens with two attached hydrogens (primary N) is 1. The summed E-state index contributed by atoms with van der Waals surface area (Å²) < 4.78 is 5.43. The maximum atomic E-state index is 13.9. The number of nitrogens with zero attached hydrogens (tertiary/aromatic N) is 1. The number of fused-ring (bicyclic) bond motifs is 3. The fourth-order valence-electron chi connectivity index (χ4n) is 6.34. The highest BCUT2D eigenvalue weighted by molar-refractivity contribution is 6.24. The van der Waals surface area contributed by atoms with Gasteiger partial charge in [0.15, 0.2) is 11.4 Å². The van der Waals surface area contributed by atoms with Crippen molar-refractivity contribution >= 4 is 34.8 Å². The van der Waals surface area contributed by atoms with E-state index in [0.29, 0.717) is 5.56 Å². The van der Waals surface area contributed by atoms with Crippen molar-refractivity contribution in [3.8, 4) is 5.75 Å². The highest BCUT2D eigenvalue weighted by atomic mass is 16.5. The summed E-state index contributed by atoms with van der Waals surface area (Å²) in [6.07, 6.45) is 0.139. The molecule has 0 aromatic heterocycles. The van der Waals surface area contributed by atoms with Crippen molar-refractivity contribution in [2.24, 2.45) is 17.6 Å². The van der Waals surface area contributed by atoms with Gasteiger partial charge in [0.1, 0.15) is 29.4 Å². The first kappa shape index (κ1) is 29.0. The summed E-state index contributed by atoms with van der Waals surface area (Å²) in [6, 6.07) is 11.1. The van der Waals surface area contributed by atoms with Crippen molar-refractivity contribution in [1.29, 1.82) is 0 Å². The van der Waals surface area contributed by atoms with E-state index in [9.17, 15) is 39.6 Å². The van der Waals surface area contributed by atoms with Crippen LogP contribution in [0.2, 0.25) is 0 Å². The van der Waals surface area contributed by atoms with Crippen molar-refractivity contribution in [1.82, 2.24) is 4.90 Å². The molecule has 2 amide bonds. The molecule has 0 aliphatic heterocycles. The number of anilines is 1. The zero-order valence-corrected chi connectivity index (χ0v) is 23.0. The Labute approximate surface area is 240 Å². The third kappa shape index (κ3) is 4.53. The van der Waals surface area contributed by atoms with Crippen LogP contribution in [0.3, 0.4) is 0 Å². The van der Waals surface area contributed by atoms with Crippen LogP contribution in [0.5, 0.6) is 5.75 Å². The van der Waals surface area contributed by atoms with Crippen LogP contribution in [0.4, 0.5) is 5.69 Å². The largest absolute Gasteiger partial charge is 0.508 e. The molecule has 0 bridgehead atoms. The van der Waals surface area contributed by atoms with Gasteiger partial charge in [0.2, 0.25) is 11.7 Å². The maximum absolute atomic E-state index is 13.9. The molecule has 3 aliphatic rings. The number of phenolic OH excluding ortho intramolecular Hbond substituents is 1. The molecular weight excluding hydrogens is 546 g/mol. The lowest BCUT2D eigenvalue weighted by molar-refractivity contribution is -0.153. The second kappa shape index (κ2) is 10.7. The number of aliphatic hydroxyl groups excluding tert-OH is 2. The molecule has 1 fully saturated rings. The molecular formula is C30H31N3O9. The van der Waals surface area contributed by atoms with Crippen molar-refractivity contribution in [3.63, 3.8) is 0 Å². The number of amides is 2. The van der Waals surface area contributed by atoms with Crippen LogP contribution in [-0.2, 0) is 36.9 Å². The van der Waals surface area contributed by atoms with Crippen LogP contribution in [-0.4, -0.2) is 81.1 Å². The molecule has 12 nitrogen and oxygen atoms in total. The van der Waals surface area contributed by atoms with Gasteiger partial charge in [-0.1, -0.05) is 36.4 Å². The lowest BCUT2D eigenvalue weighted by Gasteiger charge is -2.50. The molecule has 0 heterocycles. The van der Waals surface area contributed by atoms with E-state index in [4.69, 9.17) is 10.5 Å². The van der Waals surface area contributed by atoms with Crippen molar-refractivity contribution in [2.45, 2.75) is 31.1 Å². The molecule has 7 N–H and O–H groups in total. The fraction of sp³-hybridized carbons (Fsp3) is 0.333. The number of ether oxygens (including phenoxy) is 1. The molecule has 0 radical (unpaired) electrons. The Morgan fingerprint density at radius 1 is 1.10 bits per heavy atom. The van der Waals surface area contributed by atoms with Crippen LogP contribution in [0, 0.1) is 11.8 Å². The third-order valence-corrected chi connectivity index (χ3v) is 8.21. The van der Waals surface area contributed by atoms with Crippen LogP contribution in [0.15, 0.2) is 59.4 Å². The molecule has 4 atom stereocenters. The molecule has 3 aliphatic carbocycles. The molecule has 42 heavy (non-hydrogen) atoms. The zero-order chi connectivity index (χ0) is 30.5. The van der Waals surface area contributed by atoms with E-state index in [2.05, 4.69) is 5.32 Å². The van der Waals surface area contributed by atoms with Crippen molar-refractivity contribution in [3.05, 3.63) is 76.1 Å². The van der Waals surface area contributed by atoms with Crippen LogP contribution in [0.25, 0.3) is 5.76 Å². The quantitative estimate of drug-likeness (QED) is 0.205. The van der Waals surface area contributed by atoms with Crippen molar-refractivity contribution < 1.29 is 44.3 Å². The number of Topliss-reactive ketones (excluding diaryl/α,β-unsaturated/α-hetero) is 2. The number of nitrogens with one attached hydrogen (secondary N) is 1. The second-order valence-corrected chi connectivity index (χ2v) is 11.0. The average Bonchev–Trinajstić information content (AvgIpc) is 2.92. The van der Waals surface area contributed by atoms with Gasteiger partial charge in [-0.3, -0.25) is 24.1 Å². The number of rotatable bonds is 7. The standard InChI is InChI=1S/C30H31N3O9/c1-33(2)23-17-11-16-10-15-8-9-18(32-19(34)13-42-12-14-6-4-3-5-7-14)24(35)20(15)25(36)21(16)27(38)30(17,41)28(39)22(26(23)37)29(31)40/h3-9,16-17,23,35-36,39,41H,10-13H2,1-2H3,(H2,31,40)(H,32,34). The summed E-state index contributed by atoms with van der Waals surface area (Å²) >= 11 is 0. The van der Waals surface area contributed by atoms with Gasteiger partial charge in [0, 0.05) is 11.5 Å². The second-order valence-electron chi connectivity index (χ2n) is 11.0. The first-order valence-electron chi connectivity index (χ1n) is 13.3. The molecule has 0 spiro atoms. The van der Waals surface area contributed by atoms with E-state index in [1.54, 1.807) is 6.07 Å². The lowest BCUT2D eigenvalue weighted by atomic mass is 9.57. The number of likely N-dealkylation sites (N-methyl/N-ethyl adjacent to an activating group) is 1. The number of primary amides is 1. The molecule has 1 saturated carbocycles. The fourth-order valence-corrected chi connectivity index (χ4v) is 6.34. The van der Waals surface area contributed by atoms with Gasteiger partial charge in [-0.15, -0.1) is 0 Å². The Hall–Kier alpha value is -4.52. The Morgan fingerprint density at radius 2 is 1.79 bits per heavy atom. The number of hydrogen-bond donors (Lipinski definition) is 6. The summed E-state index contributed by atoms with van der Waals surface area (Å²) in [5.41, 5.74) is 2.66. The Kier molecular flexibility index (Phi) is 7.39. The maximum Gasteiger partial charge on any atom is 0.255 e. The number of carbonyl (C=O) groups is 4. The van der Waals surface area contributed by atoms with Gasteiger partial charge in [-0.25, -0.2) is 0 Å². The van der Waals surface area contributed by atoms with Gasteiger partial charge in [0.05, 0.1) is 23.9 Å². The number of hydrogen-bond acceptors (Lipinski definition) is 10. The predicted molar refractivity (Wildman–Crippen MR) is 149 cm³/mol. The van der Waals surface area contributed by atoms with Crippen molar-refractivity contribution in [2.75, 3.05) is 26.0 Å². The number of carbonyl (C=O) groups excluding carboxylic acids is 4. The van der Waals surface area contributed by atoms with E-state index in [1.165, 1.54) is 25.1 Å². The molecule has 4 unspecified atom stereocenters. The van der Waals surface area contributed by atoms with Crippen LogP contribution < -0.4 is 11.1 Å². The number of benzene rings is 2. The van der Waals surface area contributed by atoms with E-state index in [-0.39, 0.29) is 42.9 Å². The highest BCUT2D eigenvalue weighted by Gasteiger charge is 2.64. The topological polar surface area (TPSA) is 200 Å². The lowest BCUT2D eigenvalue weighted by Crippen LogP contribution is -2.65. The smallest absolute Gasteiger partial charge is 0.255 e. The van der Waals surface area contributed by atoms with E-state index >= 15 is 0 Å². The van der Waals surface area contributed by atoms with E-state index < -0.39 is 69.7 Å². The van der Waals surface area contributed by atoms with Gasteiger partial charge in [-0.2, -0.15) is 0 Å². The molecule has 5 rings (SSSR count). The SMILES string of the molecule is CN(C)C1C(=O)C(C(N)=O)=C(O)C2(O)C(=O)C3=C(O)c4c(ccc(NC(=O)COCc5ccccc5)c4O)CC3CC12. The third-order valence-electron chi connectivity index (χ3n) is 8.21. The average molecular weight is 578 g/mol. The summed E-state index contributed by atoms with van der Waals surface area (Å²) in [4.78, 5) is 53.1. The molecule has 2 aromatic carbocycles. The summed E-state index contributed by atoms with van der Waals surface area (Å²) in [6.45, 7) is -0.114. The normalized spacial score (nSPS) is 25.2.